The van der Waals surface area contributed by atoms with E-state index in [0.717, 1.165) is 0 Å². The minimum atomic E-state index is -1.31. The number of halogens is 1. The van der Waals surface area contributed by atoms with Crippen molar-refractivity contribution in [3.63, 3.8) is 0 Å². The van der Waals surface area contributed by atoms with E-state index in [9.17, 15) is 9.18 Å². The largest absolute Gasteiger partial charge is 0.474 e. The second kappa shape index (κ2) is 3.12. The molecule has 0 aliphatic heterocycles. The zero-order valence-corrected chi connectivity index (χ0v) is 7.24. The van der Waals surface area contributed by atoms with Gasteiger partial charge in [0.15, 0.2) is 5.82 Å². The predicted molar refractivity (Wildman–Crippen MR) is 40.3 cm³/mol. The van der Waals surface area contributed by atoms with Crippen LogP contribution in [0.3, 0.4) is 0 Å². The number of rotatable bonds is 3. The lowest BCUT2D eigenvalue weighted by Gasteiger charge is -2.13. The van der Waals surface area contributed by atoms with E-state index >= 15 is 0 Å². The fourth-order valence-corrected chi connectivity index (χ4v) is 0.645. The van der Waals surface area contributed by atoms with Gasteiger partial charge in [0.2, 0.25) is 0 Å². The summed E-state index contributed by atoms with van der Waals surface area (Å²) in [4.78, 5) is 13.9. The van der Waals surface area contributed by atoms with Crippen LogP contribution >= 0.6 is 0 Å². The Kier molecular flexibility index (Phi) is 2.31. The first-order valence-electron chi connectivity index (χ1n) is 3.61. The molecule has 0 saturated heterocycles. The molecule has 0 radical (unpaired) electrons. The zero-order chi connectivity index (χ0) is 10.1. The molecule has 1 heterocycles. The third-order valence-corrected chi connectivity index (χ3v) is 1.55. The van der Waals surface area contributed by atoms with Crippen molar-refractivity contribution >= 4 is 5.97 Å². The van der Waals surface area contributed by atoms with Crippen molar-refractivity contribution in [1.82, 2.24) is 10.1 Å². The minimum absolute atomic E-state index is 0.0624. The van der Waals surface area contributed by atoms with E-state index in [1.165, 1.54) is 0 Å². The molecule has 6 heteroatoms. The van der Waals surface area contributed by atoms with Gasteiger partial charge >= 0.3 is 11.9 Å². The molecule has 5 nitrogen and oxygen atoms in total. The molecule has 1 aromatic rings. The van der Waals surface area contributed by atoms with Gasteiger partial charge < -0.3 is 9.63 Å². The second-order valence-electron chi connectivity index (χ2n) is 3.25. The molecule has 0 aromatic carbocycles. The van der Waals surface area contributed by atoms with Crippen LogP contribution in [0.4, 0.5) is 4.39 Å². The molecule has 1 aromatic heterocycles. The number of carboxylic acid groups (broad SMARTS) is 1. The summed E-state index contributed by atoms with van der Waals surface area (Å²) in [6.07, 6.45) is 0. The smallest absolute Gasteiger partial charge is 0.394 e. The second-order valence-corrected chi connectivity index (χ2v) is 3.25. The average molecular weight is 188 g/mol. The van der Waals surface area contributed by atoms with Crippen LogP contribution in [-0.4, -0.2) is 27.9 Å². The van der Waals surface area contributed by atoms with Gasteiger partial charge in [0.1, 0.15) is 6.67 Å². The summed E-state index contributed by atoms with van der Waals surface area (Å²) in [5.41, 5.74) is -0.906. The van der Waals surface area contributed by atoms with Crippen LogP contribution in [0.25, 0.3) is 0 Å². The Bertz CT molecular complexity index is 321. The van der Waals surface area contributed by atoms with Gasteiger partial charge in [-0.2, -0.15) is 4.98 Å². The van der Waals surface area contributed by atoms with Crippen molar-refractivity contribution in [3.05, 3.63) is 11.7 Å². The van der Waals surface area contributed by atoms with Gasteiger partial charge in [-0.05, 0) is 0 Å². The number of nitrogens with zero attached hydrogens (tertiary/aromatic N) is 2. The van der Waals surface area contributed by atoms with E-state index in [1.54, 1.807) is 13.8 Å². The molecule has 0 aliphatic carbocycles. The van der Waals surface area contributed by atoms with E-state index in [4.69, 9.17) is 5.11 Å². The van der Waals surface area contributed by atoms with Crippen LogP contribution in [0.1, 0.15) is 30.4 Å². The molecule has 1 N–H and O–H groups in total. The van der Waals surface area contributed by atoms with Gasteiger partial charge in [-0.1, -0.05) is 19.0 Å². The predicted octanol–water partition coefficient (Wildman–Crippen LogP) is 1.01. The molecule has 1 rings (SSSR count). The molecule has 72 valence electrons. The van der Waals surface area contributed by atoms with E-state index in [0.29, 0.717) is 0 Å². The van der Waals surface area contributed by atoms with Gasteiger partial charge in [-0.15, -0.1) is 0 Å². The minimum Gasteiger partial charge on any atom is -0.474 e. The topological polar surface area (TPSA) is 76.2 Å². The molecule has 0 atom stereocenters. The summed E-state index contributed by atoms with van der Waals surface area (Å²) in [6, 6.07) is 0. The molecule has 0 fully saturated rings. The molecular formula is C7H9FN2O3. The van der Waals surface area contributed by atoms with Crippen molar-refractivity contribution in [2.45, 2.75) is 19.3 Å². The normalized spacial score (nSPS) is 11.6. The van der Waals surface area contributed by atoms with Crippen molar-refractivity contribution in [1.29, 1.82) is 0 Å². The zero-order valence-electron chi connectivity index (χ0n) is 7.24. The van der Waals surface area contributed by atoms with Crippen LogP contribution in [-0.2, 0) is 5.41 Å². The maximum atomic E-state index is 12.4. The number of hydrogen-bond acceptors (Lipinski definition) is 4. The first kappa shape index (κ1) is 9.63. The highest BCUT2D eigenvalue weighted by atomic mass is 19.1. The van der Waals surface area contributed by atoms with E-state index in [2.05, 4.69) is 14.7 Å². The summed E-state index contributed by atoms with van der Waals surface area (Å²) in [7, 11) is 0. The van der Waals surface area contributed by atoms with Crippen molar-refractivity contribution < 1.29 is 18.8 Å². The number of aromatic carboxylic acids is 1. The van der Waals surface area contributed by atoms with Gasteiger partial charge in [0.05, 0.1) is 5.41 Å². The molecule has 0 saturated carbocycles. The van der Waals surface area contributed by atoms with E-state index in [-0.39, 0.29) is 5.82 Å². The van der Waals surface area contributed by atoms with Gasteiger partial charge in [-0.25, -0.2) is 4.79 Å². The lowest BCUT2D eigenvalue weighted by atomic mass is 9.95. The van der Waals surface area contributed by atoms with Crippen LogP contribution in [0.15, 0.2) is 4.52 Å². The summed E-state index contributed by atoms with van der Waals surface area (Å²) in [5.74, 6) is -1.77. The monoisotopic (exact) mass is 188 g/mol. The third-order valence-electron chi connectivity index (χ3n) is 1.55. The van der Waals surface area contributed by atoms with Gasteiger partial charge in [0, 0.05) is 0 Å². The Morgan fingerprint density at radius 1 is 1.69 bits per heavy atom. The van der Waals surface area contributed by atoms with Gasteiger partial charge in [0.25, 0.3) is 0 Å². The van der Waals surface area contributed by atoms with Crippen molar-refractivity contribution in [2.75, 3.05) is 6.67 Å². The van der Waals surface area contributed by atoms with Gasteiger partial charge in [-0.3, -0.25) is 4.39 Å². The Morgan fingerprint density at radius 3 is 2.69 bits per heavy atom. The van der Waals surface area contributed by atoms with E-state index in [1.807, 2.05) is 0 Å². The first-order valence-corrected chi connectivity index (χ1v) is 3.61. The maximum absolute atomic E-state index is 12.4. The van der Waals surface area contributed by atoms with Crippen molar-refractivity contribution in [3.8, 4) is 0 Å². The van der Waals surface area contributed by atoms with E-state index < -0.39 is 23.9 Å². The summed E-state index contributed by atoms with van der Waals surface area (Å²) < 4.78 is 16.8. The Hall–Kier alpha value is -1.46. The lowest BCUT2D eigenvalue weighted by Crippen LogP contribution is -2.21. The number of carbonyl (C=O) groups is 1. The highest BCUT2D eigenvalue weighted by molar-refractivity contribution is 5.81. The first-order chi connectivity index (χ1) is 5.97. The van der Waals surface area contributed by atoms with Crippen LogP contribution in [0.2, 0.25) is 0 Å². The standard InChI is InChI=1S/C7H9FN2O3/c1-7(2,3-8)6-9-4(5(11)12)13-10-6/h3H2,1-2H3,(H,11,12). The summed E-state index contributed by atoms with van der Waals surface area (Å²) >= 11 is 0. The maximum Gasteiger partial charge on any atom is 0.394 e. The van der Waals surface area contributed by atoms with Crippen molar-refractivity contribution in [2.24, 2.45) is 0 Å². The SMILES string of the molecule is CC(C)(CF)c1noc(C(=O)O)n1. The third kappa shape index (κ3) is 1.82. The Morgan fingerprint density at radius 2 is 2.31 bits per heavy atom. The Balaban J connectivity index is 2.98. The summed E-state index contributed by atoms with van der Waals surface area (Å²) in [5, 5.41) is 11.8. The fourth-order valence-electron chi connectivity index (χ4n) is 0.645. The molecule has 0 unspecified atom stereocenters. The molecular weight excluding hydrogens is 179 g/mol. The molecule has 0 amide bonds. The highest BCUT2D eigenvalue weighted by Gasteiger charge is 2.28. The molecule has 0 bridgehead atoms. The number of carboxylic acids is 1. The quantitative estimate of drug-likeness (QED) is 0.766. The van der Waals surface area contributed by atoms with Crippen LogP contribution in [0.5, 0.6) is 0 Å². The number of hydrogen-bond donors (Lipinski definition) is 1. The number of alkyl halides is 1. The number of aromatic nitrogens is 2. The molecule has 0 spiro atoms. The lowest BCUT2D eigenvalue weighted by molar-refractivity contribution is 0.0643. The molecule has 13 heavy (non-hydrogen) atoms. The molecule has 0 aliphatic rings. The van der Waals surface area contributed by atoms with Crippen LogP contribution in [0, 0.1) is 0 Å². The van der Waals surface area contributed by atoms with Crippen LogP contribution < -0.4 is 0 Å². The summed E-state index contributed by atoms with van der Waals surface area (Å²) in [6.45, 7) is 2.44. The fraction of sp³-hybridized carbons (Fsp3) is 0.571. The highest BCUT2D eigenvalue weighted by Crippen LogP contribution is 2.20. The average Bonchev–Trinajstić information content (AvgIpc) is 2.52. The Labute approximate surface area is 73.6 Å².